The largest absolute Gasteiger partial charge is 0.430 e. The Hall–Kier alpha value is -2.06. The molecule has 0 N–H and O–H groups in total. The van der Waals surface area contributed by atoms with Gasteiger partial charge in [0, 0.05) is 5.57 Å². The summed E-state index contributed by atoms with van der Waals surface area (Å²) in [6.07, 6.45) is -5.77. The summed E-state index contributed by atoms with van der Waals surface area (Å²) < 4.78 is 114. The van der Waals surface area contributed by atoms with Crippen LogP contribution in [0.4, 0.5) is 35.1 Å². The summed E-state index contributed by atoms with van der Waals surface area (Å²) in [6.45, 7) is 2.50. The molecule has 27 heavy (non-hydrogen) atoms. The Labute approximate surface area is 150 Å². The van der Waals surface area contributed by atoms with Crippen molar-refractivity contribution in [2.75, 3.05) is 0 Å². The molecule has 0 radical (unpaired) electrons. The fraction of sp³-hybridized carbons (Fsp3) is 0.444. The summed E-state index contributed by atoms with van der Waals surface area (Å²) in [5.74, 6) is -14.1. The number of benzene rings is 1. The van der Waals surface area contributed by atoms with Crippen LogP contribution in [0.2, 0.25) is 0 Å². The quantitative estimate of drug-likeness (QED) is 0.508. The van der Waals surface area contributed by atoms with E-state index in [9.17, 15) is 35.1 Å². The average Bonchev–Trinajstić information content (AvgIpc) is 2.57. The maximum Gasteiger partial charge on any atom is 0.398 e. The zero-order valence-corrected chi connectivity index (χ0v) is 14.4. The number of hydrogen-bond donors (Lipinski definition) is 0. The van der Waals surface area contributed by atoms with Crippen molar-refractivity contribution in [2.24, 2.45) is 0 Å². The van der Waals surface area contributed by atoms with E-state index in [1.165, 1.54) is 19.9 Å². The van der Waals surface area contributed by atoms with Gasteiger partial charge in [0.05, 0.1) is 6.42 Å². The van der Waals surface area contributed by atoms with Gasteiger partial charge in [-0.3, -0.25) is 0 Å². The van der Waals surface area contributed by atoms with Crippen LogP contribution in [-0.4, -0.2) is 18.0 Å². The Morgan fingerprint density at radius 2 is 1.59 bits per heavy atom. The maximum atomic E-state index is 13.9. The SMILES string of the molecule is CCC1=CC=C(OC(F)(F)CCc2ccc(C)c(F)c2F)C(F)(F)C1(F)F. The lowest BCUT2D eigenvalue weighted by atomic mass is 9.93. The molecule has 0 amide bonds. The van der Waals surface area contributed by atoms with Crippen LogP contribution in [0.5, 0.6) is 0 Å². The minimum Gasteiger partial charge on any atom is -0.430 e. The van der Waals surface area contributed by atoms with Gasteiger partial charge in [-0.2, -0.15) is 26.3 Å². The molecule has 0 aliphatic heterocycles. The lowest BCUT2D eigenvalue weighted by Gasteiger charge is -2.33. The molecule has 2 rings (SSSR count). The van der Waals surface area contributed by atoms with Gasteiger partial charge in [-0.1, -0.05) is 25.1 Å². The van der Waals surface area contributed by atoms with Crippen LogP contribution in [0, 0.1) is 18.6 Å². The van der Waals surface area contributed by atoms with E-state index in [0.29, 0.717) is 12.2 Å². The number of aryl methyl sites for hydroxylation is 2. The number of alkyl halides is 6. The molecule has 0 atom stereocenters. The fourth-order valence-corrected chi connectivity index (χ4v) is 2.55. The van der Waals surface area contributed by atoms with Gasteiger partial charge in [0.25, 0.3) is 0 Å². The first kappa shape index (κ1) is 21.2. The van der Waals surface area contributed by atoms with Gasteiger partial charge >= 0.3 is 18.0 Å². The molecule has 1 nitrogen and oxygen atoms in total. The Morgan fingerprint density at radius 3 is 2.19 bits per heavy atom. The number of hydrogen-bond acceptors (Lipinski definition) is 1. The molecular formula is C18H16F8O. The molecular weight excluding hydrogens is 384 g/mol. The first-order valence-electron chi connectivity index (χ1n) is 8.01. The summed E-state index contributed by atoms with van der Waals surface area (Å²) in [6, 6.07) is 2.24. The molecule has 0 heterocycles. The highest BCUT2D eigenvalue weighted by molar-refractivity contribution is 5.35. The van der Waals surface area contributed by atoms with Gasteiger partial charge in [0.2, 0.25) is 0 Å². The molecule has 0 saturated heterocycles. The Balaban J connectivity index is 2.18. The molecule has 0 aromatic heterocycles. The molecule has 1 aliphatic carbocycles. The third-order valence-electron chi connectivity index (χ3n) is 4.22. The normalized spacial score (nSPS) is 18.7. The second-order valence-corrected chi connectivity index (χ2v) is 6.13. The Kier molecular flexibility index (Phi) is 5.64. The second kappa shape index (κ2) is 7.16. The van der Waals surface area contributed by atoms with E-state index in [1.807, 2.05) is 0 Å². The predicted octanol–water partition coefficient (Wildman–Crippen LogP) is 6.32. The van der Waals surface area contributed by atoms with Crippen molar-refractivity contribution in [3.8, 4) is 0 Å². The molecule has 1 aromatic carbocycles. The first-order valence-corrected chi connectivity index (χ1v) is 8.01. The summed E-state index contributed by atoms with van der Waals surface area (Å²) in [5.41, 5.74) is -1.36. The van der Waals surface area contributed by atoms with Crippen LogP contribution in [-0.2, 0) is 11.2 Å². The standard InChI is InChI=1S/C18H16F8O/c1-3-12-6-7-13(18(25,26)17(12,23)24)27-16(21,22)9-8-11-5-4-10(2)14(19)15(11)20/h4-7H,3,8-9H2,1-2H3. The molecule has 0 fully saturated rings. The average molecular weight is 400 g/mol. The zero-order valence-electron chi connectivity index (χ0n) is 14.4. The summed E-state index contributed by atoms with van der Waals surface area (Å²) in [4.78, 5) is 0. The fourth-order valence-electron chi connectivity index (χ4n) is 2.55. The van der Waals surface area contributed by atoms with Crippen LogP contribution >= 0.6 is 0 Å². The van der Waals surface area contributed by atoms with Crippen molar-refractivity contribution in [3.63, 3.8) is 0 Å². The smallest absolute Gasteiger partial charge is 0.398 e. The van der Waals surface area contributed by atoms with Crippen molar-refractivity contribution in [1.29, 1.82) is 0 Å². The highest BCUT2D eigenvalue weighted by Gasteiger charge is 2.64. The lowest BCUT2D eigenvalue weighted by Crippen LogP contribution is -2.47. The Morgan fingerprint density at radius 1 is 0.963 bits per heavy atom. The van der Waals surface area contributed by atoms with E-state index in [4.69, 9.17) is 0 Å². The third-order valence-corrected chi connectivity index (χ3v) is 4.22. The first-order chi connectivity index (χ1) is 12.3. The predicted molar refractivity (Wildman–Crippen MR) is 81.8 cm³/mol. The zero-order chi connectivity index (χ0) is 20.6. The monoisotopic (exact) mass is 400 g/mol. The van der Waals surface area contributed by atoms with Gasteiger partial charge < -0.3 is 4.74 Å². The van der Waals surface area contributed by atoms with Crippen LogP contribution in [0.3, 0.4) is 0 Å². The minimum absolute atomic E-state index is 0.0352. The van der Waals surface area contributed by atoms with Gasteiger partial charge in [0.15, 0.2) is 17.4 Å². The number of rotatable bonds is 6. The minimum atomic E-state index is -4.96. The number of ether oxygens (including phenoxy) is 1. The molecule has 0 unspecified atom stereocenters. The summed E-state index contributed by atoms with van der Waals surface area (Å²) >= 11 is 0. The number of halogens is 8. The van der Waals surface area contributed by atoms with E-state index in [1.54, 1.807) is 0 Å². The van der Waals surface area contributed by atoms with E-state index in [-0.39, 0.29) is 5.56 Å². The van der Waals surface area contributed by atoms with Crippen LogP contribution < -0.4 is 0 Å². The topological polar surface area (TPSA) is 9.23 Å². The third kappa shape index (κ3) is 3.96. The highest BCUT2D eigenvalue weighted by atomic mass is 19.3. The van der Waals surface area contributed by atoms with Gasteiger partial charge in [-0.05, 0) is 37.0 Å². The summed E-state index contributed by atoms with van der Waals surface area (Å²) in [5, 5.41) is 0. The van der Waals surface area contributed by atoms with Gasteiger partial charge in [-0.25, -0.2) is 8.78 Å². The second-order valence-electron chi connectivity index (χ2n) is 6.13. The molecule has 0 saturated carbocycles. The van der Waals surface area contributed by atoms with Crippen LogP contribution in [0.1, 0.15) is 30.9 Å². The van der Waals surface area contributed by atoms with E-state index >= 15 is 0 Å². The van der Waals surface area contributed by atoms with Crippen LogP contribution in [0.25, 0.3) is 0 Å². The summed E-state index contributed by atoms with van der Waals surface area (Å²) in [7, 11) is 0. The van der Waals surface area contributed by atoms with Crippen molar-refractivity contribution in [1.82, 2.24) is 0 Å². The number of allylic oxidation sites excluding steroid dienone is 4. The Bertz CT molecular complexity index is 780. The van der Waals surface area contributed by atoms with E-state index in [0.717, 1.165) is 6.07 Å². The van der Waals surface area contributed by atoms with Gasteiger partial charge in [0.1, 0.15) is 0 Å². The molecule has 0 spiro atoms. The van der Waals surface area contributed by atoms with Gasteiger partial charge in [-0.15, -0.1) is 0 Å². The maximum absolute atomic E-state index is 13.9. The van der Waals surface area contributed by atoms with Crippen molar-refractivity contribution in [3.05, 3.63) is 58.4 Å². The van der Waals surface area contributed by atoms with E-state index in [2.05, 4.69) is 4.74 Å². The highest BCUT2D eigenvalue weighted by Crippen LogP contribution is 2.49. The van der Waals surface area contributed by atoms with Crippen molar-refractivity contribution in [2.45, 2.75) is 51.1 Å². The lowest BCUT2D eigenvalue weighted by molar-refractivity contribution is -0.262. The molecule has 150 valence electrons. The van der Waals surface area contributed by atoms with E-state index < -0.39 is 65.7 Å². The molecule has 1 aliphatic rings. The van der Waals surface area contributed by atoms with Crippen LogP contribution in [0.15, 0.2) is 35.6 Å². The molecule has 0 bridgehead atoms. The van der Waals surface area contributed by atoms with Crippen molar-refractivity contribution < 1.29 is 39.9 Å². The van der Waals surface area contributed by atoms with Crippen molar-refractivity contribution >= 4 is 0 Å². The molecule has 9 heteroatoms. The molecule has 1 aromatic rings.